The van der Waals surface area contributed by atoms with Crippen molar-refractivity contribution in [2.45, 2.75) is 13.3 Å². The quantitative estimate of drug-likeness (QED) is 0.635. The van der Waals surface area contributed by atoms with E-state index in [1.165, 1.54) is 18.6 Å². The molecule has 0 N–H and O–H groups in total. The maximum Gasteiger partial charge on any atom is 0.311 e. The van der Waals surface area contributed by atoms with Gasteiger partial charge in [-0.2, -0.15) is 0 Å². The van der Waals surface area contributed by atoms with Gasteiger partial charge in [-0.3, -0.25) is 10.1 Å². The minimum Gasteiger partial charge on any atom is -0.431 e. The first kappa shape index (κ1) is 13.4. The SMILES string of the molecule is CCc1ccc(Oc2ncncc2Br)c([N+](=O)[O-])c1. The van der Waals surface area contributed by atoms with Crippen molar-refractivity contribution in [2.75, 3.05) is 0 Å². The number of benzene rings is 1. The summed E-state index contributed by atoms with van der Waals surface area (Å²) in [5, 5.41) is 11.0. The molecule has 0 aliphatic heterocycles. The molecule has 1 aromatic heterocycles. The van der Waals surface area contributed by atoms with E-state index in [-0.39, 0.29) is 17.3 Å². The fourth-order valence-electron chi connectivity index (χ4n) is 1.49. The summed E-state index contributed by atoms with van der Waals surface area (Å²) in [6, 6.07) is 4.87. The second kappa shape index (κ2) is 5.75. The molecule has 98 valence electrons. The smallest absolute Gasteiger partial charge is 0.311 e. The monoisotopic (exact) mass is 323 g/mol. The van der Waals surface area contributed by atoms with Crippen LogP contribution >= 0.6 is 15.9 Å². The number of nitro groups is 1. The second-order valence-corrected chi connectivity index (χ2v) is 4.54. The Kier molecular flexibility index (Phi) is 4.06. The number of rotatable bonds is 4. The first-order valence-corrected chi connectivity index (χ1v) is 6.31. The van der Waals surface area contributed by atoms with Crippen LogP contribution in [0, 0.1) is 10.1 Å². The third-order valence-electron chi connectivity index (χ3n) is 2.47. The number of hydrogen-bond donors (Lipinski definition) is 0. The van der Waals surface area contributed by atoms with Crippen molar-refractivity contribution in [3.63, 3.8) is 0 Å². The van der Waals surface area contributed by atoms with Gasteiger partial charge in [0.2, 0.25) is 11.6 Å². The lowest BCUT2D eigenvalue weighted by atomic mass is 10.1. The van der Waals surface area contributed by atoms with Crippen molar-refractivity contribution in [1.82, 2.24) is 9.97 Å². The maximum atomic E-state index is 11.0. The van der Waals surface area contributed by atoms with Gasteiger partial charge in [-0.15, -0.1) is 0 Å². The Bertz CT molecular complexity index is 619. The molecule has 0 aliphatic carbocycles. The maximum absolute atomic E-state index is 11.0. The predicted octanol–water partition coefficient (Wildman–Crippen LogP) is 3.50. The predicted molar refractivity (Wildman–Crippen MR) is 72.3 cm³/mol. The Balaban J connectivity index is 2.40. The van der Waals surface area contributed by atoms with Crippen LogP contribution in [0.25, 0.3) is 0 Å². The van der Waals surface area contributed by atoms with Crippen LogP contribution in [0.3, 0.4) is 0 Å². The Morgan fingerprint density at radius 1 is 1.47 bits per heavy atom. The summed E-state index contributed by atoms with van der Waals surface area (Å²) in [7, 11) is 0. The highest BCUT2D eigenvalue weighted by Crippen LogP contribution is 2.33. The lowest BCUT2D eigenvalue weighted by Gasteiger charge is -2.07. The minimum atomic E-state index is -0.469. The van der Waals surface area contributed by atoms with Gasteiger partial charge >= 0.3 is 5.69 Å². The van der Waals surface area contributed by atoms with Gasteiger partial charge in [0.05, 0.1) is 9.40 Å². The standard InChI is InChI=1S/C12H10BrN3O3/c1-2-8-3-4-11(10(5-8)16(17)18)19-12-9(13)6-14-7-15-12/h3-7H,2H2,1H3. The molecule has 1 aromatic carbocycles. The van der Waals surface area contributed by atoms with E-state index in [1.54, 1.807) is 12.1 Å². The normalized spacial score (nSPS) is 10.2. The number of hydrogen-bond acceptors (Lipinski definition) is 5. The van der Waals surface area contributed by atoms with Crippen LogP contribution in [0.1, 0.15) is 12.5 Å². The van der Waals surface area contributed by atoms with Gasteiger partial charge in [0.25, 0.3) is 0 Å². The van der Waals surface area contributed by atoms with Crippen LogP contribution in [0.15, 0.2) is 35.2 Å². The molecule has 0 saturated carbocycles. The highest BCUT2D eigenvalue weighted by atomic mass is 79.9. The number of nitro benzene ring substituents is 1. The number of halogens is 1. The lowest BCUT2D eigenvalue weighted by Crippen LogP contribution is -1.96. The van der Waals surface area contributed by atoms with E-state index in [0.717, 1.165) is 12.0 Å². The van der Waals surface area contributed by atoms with Crippen molar-refractivity contribution in [1.29, 1.82) is 0 Å². The van der Waals surface area contributed by atoms with Gasteiger partial charge in [-0.1, -0.05) is 13.0 Å². The molecule has 0 amide bonds. The van der Waals surface area contributed by atoms with Gasteiger partial charge in [0.1, 0.15) is 6.33 Å². The molecule has 0 bridgehead atoms. The summed E-state index contributed by atoms with van der Waals surface area (Å²) >= 11 is 3.22. The largest absolute Gasteiger partial charge is 0.431 e. The zero-order chi connectivity index (χ0) is 13.8. The summed E-state index contributed by atoms with van der Waals surface area (Å²) in [4.78, 5) is 18.3. The molecule has 0 saturated heterocycles. The second-order valence-electron chi connectivity index (χ2n) is 3.69. The van der Waals surface area contributed by atoms with Crippen LogP contribution in [0.2, 0.25) is 0 Å². The molecule has 1 heterocycles. The molecule has 7 heteroatoms. The molecule has 6 nitrogen and oxygen atoms in total. The third kappa shape index (κ3) is 3.05. The number of nitrogens with zero attached hydrogens (tertiary/aromatic N) is 3. The molecule has 0 unspecified atom stereocenters. The minimum absolute atomic E-state index is 0.0788. The Morgan fingerprint density at radius 2 is 2.26 bits per heavy atom. The molecule has 2 rings (SSSR count). The average Bonchev–Trinajstić information content (AvgIpc) is 2.41. The molecule has 2 aromatic rings. The van der Waals surface area contributed by atoms with E-state index >= 15 is 0 Å². The van der Waals surface area contributed by atoms with Gasteiger partial charge in [0.15, 0.2) is 0 Å². The summed E-state index contributed by atoms with van der Waals surface area (Å²) in [5.74, 6) is 0.393. The van der Waals surface area contributed by atoms with Crippen LogP contribution in [0.4, 0.5) is 5.69 Å². The number of aryl methyl sites for hydroxylation is 1. The molecule has 0 radical (unpaired) electrons. The molecular formula is C12H10BrN3O3. The first-order chi connectivity index (χ1) is 9.11. The fraction of sp³-hybridized carbons (Fsp3) is 0.167. The van der Waals surface area contributed by atoms with Crippen molar-refractivity contribution in [2.24, 2.45) is 0 Å². The van der Waals surface area contributed by atoms with E-state index < -0.39 is 4.92 Å². The highest BCUT2D eigenvalue weighted by molar-refractivity contribution is 9.10. The van der Waals surface area contributed by atoms with Crippen LogP contribution in [0.5, 0.6) is 11.6 Å². The van der Waals surface area contributed by atoms with Crippen LogP contribution in [-0.2, 0) is 6.42 Å². The zero-order valence-corrected chi connectivity index (χ0v) is 11.6. The van der Waals surface area contributed by atoms with Crippen molar-refractivity contribution in [3.05, 3.63) is 50.9 Å². The molecule has 19 heavy (non-hydrogen) atoms. The number of ether oxygens (including phenoxy) is 1. The van der Waals surface area contributed by atoms with Gasteiger partial charge in [-0.05, 0) is 34.0 Å². The lowest BCUT2D eigenvalue weighted by molar-refractivity contribution is -0.385. The first-order valence-electron chi connectivity index (χ1n) is 5.52. The van der Waals surface area contributed by atoms with Gasteiger partial charge in [0, 0.05) is 12.3 Å². The van der Waals surface area contributed by atoms with Crippen LogP contribution in [-0.4, -0.2) is 14.9 Å². The molecule has 0 spiro atoms. The highest BCUT2D eigenvalue weighted by Gasteiger charge is 2.17. The van der Waals surface area contributed by atoms with Crippen molar-refractivity contribution in [3.8, 4) is 11.6 Å². The molecule has 0 aliphatic rings. The summed E-state index contributed by atoms with van der Waals surface area (Å²) in [6.45, 7) is 1.93. The Morgan fingerprint density at radius 3 is 2.89 bits per heavy atom. The van der Waals surface area contributed by atoms with E-state index in [9.17, 15) is 10.1 Å². The van der Waals surface area contributed by atoms with E-state index in [4.69, 9.17) is 4.74 Å². The van der Waals surface area contributed by atoms with E-state index in [2.05, 4.69) is 25.9 Å². The zero-order valence-electron chi connectivity index (χ0n) is 10.0. The Hall–Kier alpha value is -2.02. The average molecular weight is 324 g/mol. The fourth-order valence-corrected chi connectivity index (χ4v) is 1.79. The molecular weight excluding hydrogens is 314 g/mol. The van der Waals surface area contributed by atoms with Crippen molar-refractivity contribution < 1.29 is 9.66 Å². The van der Waals surface area contributed by atoms with E-state index in [0.29, 0.717) is 4.47 Å². The Labute approximate surface area is 117 Å². The summed E-state index contributed by atoms with van der Waals surface area (Å²) in [6.07, 6.45) is 3.54. The van der Waals surface area contributed by atoms with Crippen molar-refractivity contribution >= 4 is 21.6 Å². The summed E-state index contributed by atoms with van der Waals surface area (Å²) < 4.78 is 5.99. The third-order valence-corrected chi connectivity index (χ3v) is 3.01. The van der Waals surface area contributed by atoms with E-state index in [1.807, 2.05) is 6.92 Å². The molecule has 0 fully saturated rings. The number of aromatic nitrogens is 2. The topological polar surface area (TPSA) is 78.2 Å². The molecule has 0 atom stereocenters. The van der Waals surface area contributed by atoms with Gasteiger partial charge < -0.3 is 4.74 Å². The van der Waals surface area contributed by atoms with Gasteiger partial charge in [-0.25, -0.2) is 9.97 Å². The summed E-state index contributed by atoms with van der Waals surface area (Å²) in [5.41, 5.74) is 0.797. The van der Waals surface area contributed by atoms with Crippen LogP contribution < -0.4 is 4.74 Å².